The number of hydrogen-bond acceptors (Lipinski definition) is 4. The topological polar surface area (TPSA) is 58.8 Å². The lowest BCUT2D eigenvalue weighted by Crippen LogP contribution is -2.46. The number of carbonyl (C=O) groups is 1. The molecule has 7 heteroatoms. The maximum Gasteiger partial charge on any atom is 0.410 e. The van der Waals surface area contributed by atoms with Crippen LogP contribution in [-0.2, 0) is 4.74 Å². The molecule has 0 spiro atoms. The summed E-state index contributed by atoms with van der Waals surface area (Å²) in [5, 5.41) is 0. The summed E-state index contributed by atoms with van der Waals surface area (Å²) in [6.45, 7) is 9.45. The predicted octanol–water partition coefficient (Wildman–Crippen LogP) is 2.26. The van der Waals surface area contributed by atoms with Crippen molar-refractivity contribution in [2.45, 2.75) is 57.7 Å². The molecule has 2 heterocycles. The first-order valence-electron chi connectivity index (χ1n) is 7.33. The molecule has 2 rings (SSSR count). The van der Waals surface area contributed by atoms with Gasteiger partial charge in [0.1, 0.15) is 5.60 Å². The van der Waals surface area contributed by atoms with Gasteiger partial charge in [0, 0.05) is 25.2 Å². The maximum absolute atomic E-state index is 12.0. The summed E-state index contributed by atoms with van der Waals surface area (Å²) in [6.07, 6.45) is 3.02. The van der Waals surface area contributed by atoms with Gasteiger partial charge in [0.25, 0.3) is 0 Å². The number of hydrogen-bond donors (Lipinski definition) is 1. The minimum atomic E-state index is -0.410. The van der Waals surface area contributed by atoms with Gasteiger partial charge in [-0.25, -0.2) is 4.79 Å². The van der Waals surface area contributed by atoms with Gasteiger partial charge < -0.3 is 15.4 Å². The van der Waals surface area contributed by atoms with E-state index in [2.05, 4.69) is 4.90 Å². The number of piperidine rings is 1. The summed E-state index contributed by atoms with van der Waals surface area (Å²) in [5.74, 6) is 0. The highest BCUT2D eigenvalue weighted by atomic mass is 35.5. The average molecular weight is 342 g/mol. The Morgan fingerprint density at radius 2 is 1.67 bits per heavy atom. The number of likely N-dealkylation sites (tertiary alicyclic amines) is 2. The van der Waals surface area contributed by atoms with Crippen LogP contribution < -0.4 is 5.73 Å². The fraction of sp³-hybridized carbons (Fsp3) is 0.929. The van der Waals surface area contributed by atoms with Crippen molar-refractivity contribution in [1.29, 1.82) is 0 Å². The van der Waals surface area contributed by atoms with Crippen LogP contribution in [0.4, 0.5) is 4.79 Å². The molecule has 1 unspecified atom stereocenters. The second kappa shape index (κ2) is 8.42. The summed E-state index contributed by atoms with van der Waals surface area (Å²) >= 11 is 0. The summed E-state index contributed by atoms with van der Waals surface area (Å²) in [5.41, 5.74) is 5.52. The number of rotatable bonds is 1. The smallest absolute Gasteiger partial charge is 0.410 e. The van der Waals surface area contributed by atoms with Gasteiger partial charge in [-0.15, -0.1) is 24.8 Å². The molecule has 0 aromatic heterocycles. The first-order chi connectivity index (χ1) is 8.85. The third kappa shape index (κ3) is 6.19. The normalized spacial score (nSPS) is 24.2. The van der Waals surface area contributed by atoms with Gasteiger partial charge >= 0.3 is 6.09 Å². The first-order valence-corrected chi connectivity index (χ1v) is 7.33. The molecule has 0 bridgehead atoms. The fourth-order valence-electron chi connectivity index (χ4n) is 2.82. The van der Waals surface area contributed by atoms with E-state index in [9.17, 15) is 4.79 Å². The monoisotopic (exact) mass is 341 g/mol. The number of nitrogens with two attached hydrogens (primary N) is 1. The Balaban J connectivity index is 0.00000200. The molecule has 1 atom stereocenters. The van der Waals surface area contributed by atoms with Crippen molar-refractivity contribution in [3.8, 4) is 0 Å². The molecule has 2 saturated heterocycles. The SMILES string of the molecule is CC(C)(C)OC(=O)N1CCC(N2CCC(N)CC2)C1.Cl.Cl. The van der Waals surface area contributed by atoms with Crippen LogP contribution in [0.1, 0.15) is 40.0 Å². The van der Waals surface area contributed by atoms with Crippen molar-refractivity contribution in [2.24, 2.45) is 5.73 Å². The van der Waals surface area contributed by atoms with Gasteiger partial charge in [0.15, 0.2) is 0 Å². The summed E-state index contributed by atoms with van der Waals surface area (Å²) in [6, 6.07) is 0.847. The Labute approximate surface area is 140 Å². The van der Waals surface area contributed by atoms with E-state index < -0.39 is 5.60 Å². The van der Waals surface area contributed by atoms with Gasteiger partial charge in [0.2, 0.25) is 0 Å². The fourth-order valence-corrected chi connectivity index (χ4v) is 2.82. The lowest BCUT2D eigenvalue weighted by Gasteiger charge is -2.34. The Hall–Kier alpha value is -0.230. The molecule has 0 aromatic carbocycles. The van der Waals surface area contributed by atoms with Crippen LogP contribution in [0.15, 0.2) is 0 Å². The zero-order chi connectivity index (χ0) is 14.0. The van der Waals surface area contributed by atoms with Gasteiger partial charge in [0.05, 0.1) is 0 Å². The second-order valence-corrected chi connectivity index (χ2v) is 6.74. The molecule has 126 valence electrons. The van der Waals surface area contributed by atoms with Crippen LogP contribution in [-0.4, -0.2) is 59.8 Å². The van der Waals surface area contributed by atoms with Gasteiger partial charge in [-0.2, -0.15) is 0 Å². The first kappa shape index (κ1) is 20.8. The van der Waals surface area contributed by atoms with Crippen molar-refractivity contribution in [3.05, 3.63) is 0 Å². The van der Waals surface area contributed by atoms with Crippen molar-refractivity contribution < 1.29 is 9.53 Å². The van der Waals surface area contributed by atoms with E-state index in [0.717, 1.165) is 45.4 Å². The number of amides is 1. The number of halogens is 2. The Kier molecular flexibility index (Phi) is 8.32. The van der Waals surface area contributed by atoms with Gasteiger partial charge in [-0.1, -0.05) is 0 Å². The van der Waals surface area contributed by atoms with Crippen molar-refractivity contribution in [3.63, 3.8) is 0 Å². The van der Waals surface area contributed by atoms with E-state index >= 15 is 0 Å². The van der Waals surface area contributed by atoms with E-state index in [0.29, 0.717) is 12.1 Å². The summed E-state index contributed by atoms with van der Waals surface area (Å²) in [7, 11) is 0. The number of nitrogens with zero attached hydrogens (tertiary/aromatic N) is 2. The molecule has 0 saturated carbocycles. The van der Waals surface area contributed by atoms with E-state index in [1.54, 1.807) is 0 Å². The second-order valence-electron chi connectivity index (χ2n) is 6.74. The van der Waals surface area contributed by atoms with Crippen molar-refractivity contribution >= 4 is 30.9 Å². The van der Waals surface area contributed by atoms with Crippen LogP contribution in [0.2, 0.25) is 0 Å². The standard InChI is InChI=1S/C14H27N3O2.2ClH/c1-14(2,3)19-13(18)17-9-6-12(10-17)16-7-4-11(15)5-8-16;;/h11-12H,4-10,15H2,1-3H3;2*1H. The molecule has 0 radical (unpaired) electrons. The molecule has 2 N–H and O–H groups in total. The maximum atomic E-state index is 12.0. The van der Waals surface area contributed by atoms with Crippen LogP contribution in [0.3, 0.4) is 0 Å². The predicted molar refractivity (Wildman–Crippen MR) is 89.5 cm³/mol. The number of ether oxygens (including phenoxy) is 1. The summed E-state index contributed by atoms with van der Waals surface area (Å²) in [4.78, 5) is 16.3. The zero-order valence-electron chi connectivity index (χ0n) is 13.2. The Morgan fingerprint density at radius 1 is 1.10 bits per heavy atom. The summed E-state index contributed by atoms with van der Waals surface area (Å²) < 4.78 is 5.42. The zero-order valence-corrected chi connectivity index (χ0v) is 14.8. The van der Waals surface area contributed by atoms with E-state index in [-0.39, 0.29) is 30.9 Å². The largest absolute Gasteiger partial charge is 0.444 e. The van der Waals surface area contributed by atoms with Crippen molar-refractivity contribution in [1.82, 2.24) is 9.80 Å². The molecule has 0 aromatic rings. The molecule has 1 amide bonds. The molecule has 5 nitrogen and oxygen atoms in total. The minimum Gasteiger partial charge on any atom is -0.444 e. The molecule has 2 fully saturated rings. The molecule has 2 aliphatic rings. The van der Waals surface area contributed by atoms with Crippen LogP contribution in [0, 0.1) is 0 Å². The van der Waals surface area contributed by atoms with Crippen molar-refractivity contribution in [2.75, 3.05) is 26.2 Å². The van der Waals surface area contributed by atoms with E-state index in [1.165, 1.54) is 0 Å². The molecule has 21 heavy (non-hydrogen) atoms. The van der Waals surface area contributed by atoms with Crippen LogP contribution in [0.25, 0.3) is 0 Å². The third-order valence-corrected chi connectivity index (χ3v) is 3.91. The highest BCUT2D eigenvalue weighted by molar-refractivity contribution is 5.85. The minimum absolute atomic E-state index is 0. The van der Waals surface area contributed by atoms with Gasteiger partial charge in [-0.05, 0) is 53.1 Å². The molecular weight excluding hydrogens is 313 g/mol. The Bertz CT molecular complexity index is 329. The number of carbonyl (C=O) groups excluding carboxylic acids is 1. The lowest BCUT2D eigenvalue weighted by atomic mass is 10.0. The highest BCUT2D eigenvalue weighted by Gasteiger charge is 2.33. The molecule has 2 aliphatic heterocycles. The quantitative estimate of drug-likeness (QED) is 0.794. The van der Waals surface area contributed by atoms with Crippen LogP contribution >= 0.6 is 24.8 Å². The highest BCUT2D eigenvalue weighted by Crippen LogP contribution is 2.21. The van der Waals surface area contributed by atoms with Crippen LogP contribution in [0.5, 0.6) is 0 Å². The van der Waals surface area contributed by atoms with Gasteiger partial charge in [-0.3, -0.25) is 4.90 Å². The Morgan fingerprint density at radius 3 is 2.19 bits per heavy atom. The lowest BCUT2D eigenvalue weighted by molar-refractivity contribution is 0.0276. The average Bonchev–Trinajstić information content (AvgIpc) is 2.77. The van der Waals surface area contributed by atoms with E-state index in [1.807, 2.05) is 25.7 Å². The molecular formula is C14H29Cl2N3O2. The van der Waals surface area contributed by atoms with E-state index in [4.69, 9.17) is 10.5 Å². The molecule has 0 aliphatic carbocycles. The third-order valence-electron chi connectivity index (χ3n) is 3.91.